The van der Waals surface area contributed by atoms with Gasteiger partial charge in [-0.1, -0.05) is 24.3 Å². The van der Waals surface area contributed by atoms with Crippen molar-refractivity contribution in [1.29, 1.82) is 0 Å². The van der Waals surface area contributed by atoms with Crippen molar-refractivity contribution in [3.63, 3.8) is 0 Å². The van der Waals surface area contributed by atoms with Gasteiger partial charge in [0.2, 0.25) is 15.7 Å². The zero-order chi connectivity index (χ0) is 26.4. The lowest BCUT2D eigenvalue weighted by Gasteiger charge is -2.24. The van der Waals surface area contributed by atoms with E-state index in [0.717, 1.165) is 23.2 Å². The van der Waals surface area contributed by atoms with Crippen molar-refractivity contribution in [2.75, 3.05) is 0 Å². The zero-order valence-corrected chi connectivity index (χ0v) is 20.3. The molecular formula is C28H17FN2O6S. The van der Waals surface area contributed by atoms with Gasteiger partial charge in [-0.05, 0) is 60.2 Å². The van der Waals surface area contributed by atoms with E-state index in [1.807, 2.05) is 24.3 Å². The lowest BCUT2D eigenvalue weighted by atomic mass is 10.1. The summed E-state index contributed by atoms with van der Waals surface area (Å²) in [5, 5.41) is 11.3. The highest BCUT2D eigenvalue weighted by molar-refractivity contribution is 7.95. The number of nitro groups is 1. The van der Waals surface area contributed by atoms with Crippen LogP contribution >= 0.6 is 0 Å². The molecule has 2 heterocycles. The van der Waals surface area contributed by atoms with Gasteiger partial charge in [-0.3, -0.25) is 10.1 Å². The third kappa shape index (κ3) is 4.10. The van der Waals surface area contributed by atoms with Gasteiger partial charge in [0.05, 0.1) is 15.9 Å². The molecule has 0 saturated carbocycles. The molecule has 1 aliphatic heterocycles. The van der Waals surface area contributed by atoms with E-state index in [0.29, 0.717) is 22.6 Å². The van der Waals surface area contributed by atoms with Crippen molar-refractivity contribution < 1.29 is 26.9 Å². The molecule has 6 rings (SSSR count). The second kappa shape index (κ2) is 8.93. The van der Waals surface area contributed by atoms with Crippen molar-refractivity contribution in [3.8, 4) is 17.2 Å². The Morgan fingerprint density at radius 2 is 1.61 bits per heavy atom. The lowest BCUT2D eigenvalue weighted by molar-refractivity contribution is -0.385. The largest absolute Gasteiger partial charge is 0.454 e. The summed E-state index contributed by atoms with van der Waals surface area (Å²) >= 11 is 0. The summed E-state index contributed by atoms with van der Waals surface area (Å²) in [6.45, 7) is 0. The molecule has 0 amide bonds. The van der Waals surface area contributed by atoms with E-state index in [-0.39, 0.29) is 33.4 Å². The molecule has 0 atom stereocenters. The number of non-ortho nitro benzene ring substituents is 1. The van der Waals surface area contributed by atoms with Crippen molar-refractivity contribution in [2.24, 2.45) is 0 Å². The number of ether oxygens (including phenoxy) is 1. The minimum absolute atomic E-state index is 0.0129. The summed E-state index contributed by atoms with van der Waals surface area (Å²) in [6.07, 6.45) is -0.0285. The lowest BCUT2D eigenvalue weighted by Crippen LogP contribution is -2.18. The number of sulfone groups is 1. The Labute approximate surface area is 215 Å². The molecule has 0 unspecified atom stereocenters. The standard InChI is InChI=1S/C28H17FN2O6S/c29-20-11-9-18(10-12-20)27-26(38(34,35)25-14-13-21(31(32)33)16-24(25)36-27)15-17-5-7-19(8-6-17)28-30-22-3-1-2-4-23(22)37-28/h1-14,16H,15H2. The summed E-state index contributed by atoms with van der Waals surface area (Å²) in [5.41, 5.74) is 2.78. The Morgan fingerprint density at radius 3 is 2.32 bits per heavy atom. The number of nitro benzene ring substituents is 1. The van der Waals surface area contributed by atoms with Gasteiger partial charge in [0, 0.05) is 23.6 Å². The first-order chi connectivity index (χ1) is 18.3. The number of para-hydroxylation sites is 2. The molecule has 188 valence electrons. The molecule has 0 radical (unpaired) electrons. The highest BCUT2D eigenvalue weighted by atomic mass is 32.2. The molecule has 0 spiro atoms. The third-order valence-corrected chi connectivity index (χ3v) is 8.08. The van der Waals surface area contributed by atoms with E-state index < -0.39 is 20.6 Å². The van der Waals surface area contributed by atoms with Crippen LogP contribution in [0.25, 0.3) is 28.3 Å². The van der Waals surface area contributed by atoms with E-state index in [9.17, 15) is 22.9 Å². The number of halogens is 1. The molecule has 0 N–H and O–H groups in total. The fraction of sp³-hybridized carbons (Fsp3) is 0.0357. The fourth-order valence-electron chi connectivity index (χ4n) is 4.28. The van der Waals surface area contributed by atoms with Gasteiger partial charge < -0.3 is 9.15 Å². The maximum absolute atomic E-state index is 13.7. The average Bonchev–Trinajstić information content (AvgIpc) is 3.35. The molecule has 0 fully saturated rings. The minimum atomic E-state index is -4.10. The number of benzene rings is 4. The van der Waals surface area contributed by atoms with Gasteiger partial charge in [-0.15, -0.1) is 0 Å². The van der Waals surface area contributed by atoms with Gasteiger partial charge in [-0.25, -0.2) is 17.8 Å². The first kappa shape index (κ1) is 23.6. The van der Waals surface area contributed by atoms with Gasteiger partial charge in [0.1, 0.15) is 22.0 Å². The smallest absolute Gasteiger partial charge is 0.273 e. The van der Waals surface area contributed by atoms with E-state index in [1.54, 1.807) is 24.3 Å². The van der Waals surface area contributed by atoms with Crippen LogP contribution in [0.2, 0.25) is 0 Å². The van der Waals surface area contributed by atoms with E-state index >= 15 is 0 Å². The first-order valence-electron chi connectivity index (χ1n) is 11.4. The Hall–Kier alpha value is -4.83. The Kier molecular flexibility index (Phi) is 5.54. The molecule has 0 saturated heterocycles. The third-order valence-electron chi connectivity index (χ3n) is 6.18. The van der Waals surface area contributed by atoms with Crippen LogP contribution in [0.3, 0.4) is 0 Å². The van der Waals surface area contributed by atoms with Crippen LogP contribution in [0.5, 0.6) is 5.75 Å². The first-order valence-corrected chi connectivity index (χ1v) is 12.9. The van der Waals surface area contributed by atoms with E-state index in [1.165, 1.54) is 30.3 Å². The number of fused-ring (bicyclic) bond motifs is 2. The number of hydrogen-bond donors (Lipinski definition) is 0. The number of rotatable bonds is 5. The fourth-order valence-corrected chi connectivity index (χ4v) is 5.91. The van der Waals surface area contributed by atoms with Crippen LogP contribution in [0.15, 0.2) is 105 Å². The molecule has 8 nitrogen and oxygen atoms in total. The molecule has 38 heavy (non-hydrogen) atoms. The van der Waals surface area contributed by atoms with E-state index in [2.05, 4.69) is 4.98 Å². The summed E-state index contributed by atoms with van der Waals surface area (Å²) in [6, 6.07) is 23.0. The summed E-state index contributed by atoms with van der Waals surface area (Å²) in [5.74, 6) is -0.233. The molecular weight excluding hydrogens is 511 g/mol. The maximum Gasteiger partial charge on any atom is 0.273 e. The van der Waals surface area contributed by atoms with Gasteiger partial charge in [0.25, 0.3) is 5.69 Å². The summed E-state index contributed by atoms with van der Waals surface area (Å²) < 4.78 is 52.8. The summed E-state index contributed by atoms with van der Waals surface area (Å²) in [4.78, 5) is 14.9. The number of aromatic nitrogens is 1. The molecule has 5 aromatic rings. The van der Waals surface area contributed by atoms with Crippen LogP contribution in [0, 0.1) is 15.9 Å². The van der Waals surface area contributed by atoms with Crippen molar-refractivity contribution in [1.82, 2.24) is 4.98 Å². The van der Waals surface area contributed by atoms with Crippen LogP contribution in [0.4, 0.5) is 10.1 Å². The predicted octanol–water partition coefficient (Wildman–Crippen LogP) is 6.32. The number of oxazole rings is 1. The van der Waals surface area contributed by atoms with Crippen LogP contribution in [-0.2, 0) is 16.3 Å². The Bertz CT molecular complexity index is 1830. The average molecular weight is 529 g/mol. The summed E-state index contributed by atoms with van der Waals surface area (Å²) in [7, 11) is -4.10. The maximum atomic E-state index is 13.7. The minimum Gasteiger partial charge on any atom is -0.454 e. The number of allylic oxidation sites excluding steroid dienone is 1. The van der Waals surface area contributed by atoms with Crippen molar-refractivity contribution in [3.05, 3.63) is 123 Å². The zero-order valence-electron chi connectivity index (χ0n) is 19.5. The molecule has 4 aromatic carbocycles. The van der Waals surface area contributed by atoms with Crippen LogP contribution < -0.4 is 4.74 Å². The van der Waals surface area contributed by atoms with Gasteiger partial charge in [-0.2, -0.15) is 0 Å². The molecule has 1 aliphatic rings. The molecule has 1 aromatic heterocycles. The second-order valence-corrected chi connectivity index (χ2v) is 10.6. The highest BCUT2D eigenvalue weighted by Crippen LogP contribution is 2.43. The molecule has 10 heteroatoms. The quantitative estimate of drug-likeness (QED) is 0.194. The van der Waals surface area contributed by atoms with E-state index in [4.69, 9.17) is 9.15 Å². The topological polar surface area (TPSA) is 113 Å². The highest BCUT2D eigenvalue weighted by Gasteiger charge is 2.35. The van der Waals surface area contributed by atoms with Crippen molar-refractivity contribution in [2.45, 2.75) is 11.3 Å². The predicted molar refractivity (Wildman–Crippen MR) is 137 cm³/mol. The Balaban J connectivity index is 1.41. The van der Waals surface area contributed by atoms with Crippen LogP contribution in [-0.4, -0.2) is 18.3 Å². The normalized spacial score (nSPS) is 14.2. The monoisotopic (exact) mass is 528 g/mol. The van der Waals surface area contributed by atoms with Gasteiger partial charge >= 0.3 is 0 Å². The second-order valence-electron chi connectivity index (χ2n) is 8.61. The SMILES string of the molecule is O=[N+]([O-])c1ccc2c(c1)OC(c1ccc(F)cc1)=C(Cc1ccc(-c3nc4ccccc4o3)cc1)S2(=O)=O. The van der Waals surface area contributed by atoms with Crippen molar-refractivity contribution >= 4 is 32.4 Å². The number of hydrogen-bond acceptors (Lipinski definition) is 7. The number of nitrogens with zero attached hydrogens (tertiary/aromatic N) is 2. The van der Waals surface area contributed by atoms with Crippen LogP contribution in [0.1, 0.15) is 11.1 Å². The molecule has 0 bridgehead atoms. The molecule has 0 aliphatic carbocycles. The Morgan fingerprint density at radius 1 is 0.895 bits per heavy atom. The van der Waals surface area contributed by atoms with Gasteiger partial charge in [0.15, 0.2) is 11.3 Å².